The van der Waals surface area contributed by atoms with E-state index in [0.717, 1.165) is 0 Å². The maximum absolute atomic E-state index is 13.0. The Kier molecular flexibility index (Phi) is 1.92. The normalized spacial score (nSPS) is 11.1. The predicted octanol–water partition coefficient (Wildman–Crippen LogP) is 2.79. The molecular weight excluding hydrogens is 223 g/mol. The maximum Gasteiger partial charge on any atom is 0.344 e. The highest BCUT2D eigenvalue weighted by molar-refractivity contribution is 6.04. The van der Waals surface area contributed by atoms with Gasteiger partial charge in [-0.1, -0.05) is 0 Å². The van der Waals surface area contributed by atoms with Gasteiger partial charge in [0.25, 0.3) is 0 Å². The Morgan fingerprint density at radius 1 is 1.00 bits per heavy atom. The number of phenolic OH excluding ortho intramolecular Hbond substituents is 1. The smallest absolute Gasteiger partial charge is 0.344 e. The molecule has 84 valence electrons. The zero-order valence-electron chi connectivity index (χ0n) is 8.61. The lowest BCUT2D eigenvalue weighted by Gasteiger charge is -2.02. The Morgan fingerprint density at radius 3 is 2.59 bits per heavy atom. The van der Waals surface area contributed by atoms with Gasteiger partial charge in [-0.2, -0.15) is 0 Å². The molecule has 0 spiro atoms. The maximum atomic E-state index is 13.0. The van der Waals surface area contributed by atoms with Crippen LogP contribution in [0.3, 0.4) is 0 Å². The van der Waals surface area contributed by atoms with Gasteiger partial charge in [-0.05, 0) is 30.3 Å². The van der Waals surface area contributed by atoms with Crippen LogP contribution in [0.15, 0.2) is 45.6 Å². The van der Waals surface area contributed by atoms with Gasteiger partial charge in [0.05, 0.1) is 5.39 Å². The van der Waals surface area contributed by atoms with Gasteiger partial charge >= 0.3 is 5.63 Å². The second kappa shape index (κ2) is 3.31. The van der Waals surface area contributed by atoms with E-state index in [9.17, 15) is 14.3 Å². The first-order chi connectivity index (χ1) is 8.15. The highest BCUT2D eigenvalue weighted by atomic mass is 19.1. The van der Waals surface area contributed by atoms with Gasteiger partial charge in [0, 0.05) is 16.8 Å². The fourth-order valence-corrected chi connectivity index (χ4v) is 1.89. The van der Waals surface area contributed by atoms with E-state index in [1.165, 1.54) is 24.3 Å². The predicted molar refractivity (Wildman–Crippen MR) is 61.6 cm³/mol. The van der Waals surface area contributed by atoms with E-state index in [4.69, 9.17) is 4.42 Å². The molecule has 1 N–H and O–H groups in total. The van der Waals surface area contributed by atoms with Crippen molar-refractivity contribution < 1.29 is 13.9 Å². The summed E-state index contributed by atoms with van der Waals surface area (Å²) in [6.07, 6.45) is 0. The molecule has 3 aromatic rings. The summed E-state index contributed by atoms with van der Waals surface area (Å²) in [5, 5.41) is 10.9. The van der Waals surface area contributed by atoms with Crippen molar-refractivity contribution in [2.24, 2.45) is 0 Å². The van der Waals surface area contributed by atoms with Gasteiger partial charge in [-0.15, -0.1) is 0 Å². The quantitative estimate of drug-likeness (QED) is 0.477. The van der Waals surface area contributed by atoms with Crippen molar-refractivity contribution in [3.8, 4) is 5.75 Å². The van der Waals surface area contributed by atoms with Crippen LogP contribution >= 0.6 is 0 Å². The van der Waals surface area contributed by atoms with Crippen LogP contribution in [0.5, 0.6) is 5.75 Å². The summed E-state index contributed by atoms with van der Waals surface area (Å²) in [6, 6.07) is 8.45. The first kappa shape index (κ1) is 9.84. The third kappa shape index (κ3) is 1.45. The van der Waals surface area contributed by atoms with E-state index in [0.29, 0.717) is 10.8 Å². The van der Waals surface area contributed by atoms with Gasteiger partial charge in [0.15, 0.2) is 0 Å². The second-order valence-electron chi connectivity index (χ2n) is 3.76. The Morgan fingerprint density at radius 2 is 1.76 bits per heavy atom. The van der Waals surface area contributed by atoms with Crippen molar-refractivity contribution >= 4 is 21.7 Å². The fourth-order valence-electron chi connectivity index (χ4n) is 1.89. The number of fused-ring (bicyclic) bond motifs is 3. The van der Waals surface area contributed by atoms with Gasteiger partial charge in [0.1, 0.15) is 17.1 Å². The molecular formula is C13H7FO3. The van der Waals surface area contributed by atoms with Gasteiger partial charge in [-0.25, -0.2) is 9.18 Å². The minimum atomic E-state index is -0.589. The minimum absolute atomic E-state index is 0.00809. The molecule has 0 amide bonds. The summed E-state index contributed by atoms with van der Waals surface area (Å²) in [4.78, 5) is 11.7. The molecule has 3 rings (SSSR count). The molecule has 0 aliphatic rings. The summed E-state index contributed by atoms with van der Waals surface area (Å²) in [5.74, 6) is -0.468. The number of hydrogen-bond acceptors (Lipinski definition) is 3. The van der Waals surface area contributed by atoms with E-state index in [2.05, 4.69) is 0 Å². The lowest BCUT2D eigenvalue weighted by atomic mass is 10.1. The Labute approximate surface area is 94.7 Å². The van der Waals surface area contributed by atoms with Crippen LogP contribution in [0.4, 0.5) is 4.39 Å². The first-order valence-electron chi connectivity index (χ1n) is 5.00. The summed E-state index contributed by atoms with van der Waals surface area (Å²) in [6.45, 7) is 0. The Bertz CT molecular complexity index is 790. The molecule has 0 bridgehead atoms. The number of rotatable bonds is 0. The van der Waals surface area contributed by atoms with Crippen LogP contribution in [-0.4, -0.2) is 5.11 Å². The SMILES string of the molecule is O=c1oc2cc(F)ccc2c2ccc(O)cc12. The largest absolute Gasteiger partial charge is 0.508 e. The highest BCUT2D eigenvalue weighted by Crippen LogP contribution is 2.25. The average molecular weight is 230 g/mol. The number of phenols is 1. The van der Waals surface area contributed by atoms with Crippen molar-refractivity contribution in [3.63, 3.8) is 0 Å². The van der Waals surface area contributed by atoms with Crippen LogP contribution in [0.2, 0.25) is 0 Å². The van der Waals surface area contributed by atoms with Crippen LogP contribution in [-0.2, 0) is 0 Å². The molecule has 0 fully saturated rings. The van der Waals surface area contributed by atoms with E-state index < -0.39 is 11.4 Å². The average Bonchev–Trinajstić information content (AvgIpc) is 2.29. The zero-order chi connectivity index (χ0) is 12.0. The summed E-state index contributed by atoms with van der Waals surface area (Å²) >= 11 is 0. The van der Waals surface area contributed by atoms with Crippen LogP contribution in [0.1, 0.15) is 0 Å². The Balaban J connectivity index is 2.60. The van der Waals surface area contributed by atoms with Gasteiger partial charge < -0.3 is 9.52 Å². The van der Waals surface area contributed by atoms with Gasteiger partial charge in [0.2, 0.25) is 0 Å². The van der Waals surface area contributed by atoms with E-state index >= 15 is 0 Å². The van der Waals surface area contributed by atoms with Crippen LogP contribution in [0, 0.1) is 5.82 Å². The third-order valence-corrected chi connectivity index (χ3v) is 2.66. The lowest BCUT2D eigenvalue weighted by molar-refractivity contribution is 0.475. The minimum Gasteiger partial charge on any atom is -0.508 e. The molecule has 0 unspecified atom stereocenters. The van der Waals surface area contributed by atoms with Crippen molar-refractivity contribution in [1.29, 1.82) is 0 Å². The summed E-state index contributed by atoms with van der Waals surface area (Å²) < 4.78 is 18.0. The van der Waals surface area contributed by atoms with Crippen molar-refractivity contribution in [2.75, 3.05) is 0 Å². The van der Waals surface area contributed by atoms with Crippen LogP contribution in [0.25, 0.3) is 21.7 Å². The monoisotopic (exact) mass is 230 g/mol. The molecule has 1 heterocycles. The molecule has 0 atom stereocenters. The molecule has 0 saturated heterocycles. The molecule has 0 radical (unpaired) electrons. The fraction of sp³-hybridized carbons (Fsp3) is 0. The lowest BCUT2D eigenvalue weighted by Crippen LogP contribution is -1.99. The second-order valence-corrected chi connectivity index (χ2v) is 3.76. The standard InChI is InChI=1S/C13H7FO3/c14-7-1-3-10-9-4-2-8(15)6-11(9)13(16)17-12(10)5-7/h1-6,15H. The topological polar surface area (TPSA) is 50.4 Å². The summed E-state index contributed by atoms with van der Waals surface area (Å²) in [7, 11) is 0. The summed E-state index contributed by atoms with van der Waals surface area (Å²) in [5.41, 5.74) is -0.387. The molecule has 0 saturated carbocycles. The number of benzene rings is 2. The molecule has 0 aliphatic heterocycles. The molecule has 4 heteroatoms. The van der Waals surface area contributed by atoms with Crippen LogP contribution < -0.4 is 5.63 Å². The number of halogens is 1. The molecule has 2 aromatic carbocycles. The van der Waals surface area contributed by atoms with E-state index in [-0.39, 0.29) is 16.7 Å². The molecule has 1 aromatic heterocycles. The molecule has 0 aliphatic carbocycles. The number of aromatic hydroxyl groups is 1. The van der Waals surface area contributed by atoms with Crippen molar-refractivity contribution in [2.45, 2.75) is 0 Å². The third-order valence-electron chi connectivity index (χ3n) is 2.66. The number of hydrogen-bond donors (Lipinski definition) is 1. The van der Waals surface area contributed by atoms with Crippen molar-refractivity contribution in [3.05, 3.63) is 52.6 Å². The van der Waals surface area contributed by atoms with E-state index in [1.54, 1.807) is 12.1 Å². The molecule has 17 heavy (non-hydrogen) atoms. The van der Waals surface area contributed by atoms with E-state index in [1.807, 2.05) is 0 Å². The Hall–Kier alpha value is -2.36. The van der Waals surface area contributed by atoms with Gasteiger partial charge in [-0.3, -0.25) is 0 Å². The first-order valence-corrected chi connectivity index (χ1v) is 5.00. The van der Waals surface area contributed by atoms with Crippen molar-refractivity contribution in [1.82, 2.24) is 0 Å². The highest BCUT2D eigenvalue weighted by Gasteiger charge is 2.08. The zero-order valence-corrected chi connectivity index (χ0v) is 8.61. The molecule has 3 nitrogen and oxygen atoms in total.